The van der Waals surface area contributed by atoms with Crippen LogP contribution in [-0.4, -0.2) is 17.5 Å². The Morgan fingerprint density at radius 2 is 2.06 bits per heavy atom. The van der Waals surface area contributed by atoms with Crippen molar-refractivity contribution in [1.29, 1.82) is 0 Å². The average Bonchev–Trinajstić information content (AvgIpc) is 2.29. The van der Waals surface area contributed by atoms with Gasteiger partial charge in [-0.3, -0.25) is 4.79 Å². The normalized spacial score (nSPS) is 23.3. The maximum absolute atomic E-state index is 12.0. The molecule has 1 aromatic carbocycles. The van der Waals surface area contributed by atoms with Crippen molar-refractivity contribution in [2.24, 2.45) is 0 Å². The lowest BCUT2D eigenvalue weighted by Gasteiger charge is -2.35. The minimum absolute atomic E-state index is 0.0696. The summed E-state index contributed by atoms with van der Waals surface area (Å²) < 4.78 is 5.95. The molecule has 0 aliphatic carbocycles. The number of ketones is 1. The molecule has 17 heavy (non-hydrogen) atoms. The second-order valence-corrected chi connectivity index (χ2v) is 5.39. The van der Waals surface area contributed by atoms with Crippen LogP contribution in [0.5, 0.6) is 0 Å². The molecule has 0 aromatic heterocycles. The van der Waals surface area contributed by atoms with Crippen molar-refractivity contribution in [1.82, 2.24) is 0 Å². The van der Waals surface area contributed by atoms with E-state index in [1.54, 1.807) is 0 Å². The van der Waals surface area contributed by atoms with Crippen molar-refractivity contribution in [3.05, 3.63) is 35.9 Å². The first-order valence-electron chi connectivity index (χ1n) is 6.33. The van der Waals surface area contributed by atoms with Crippen LogP contribution in [0.3, 0.4) is 0 Å². The molecule has 1 unspecified atom stereocenters. The van der Waals surface area contributed by atoms with Crippen LogP contribution in [-0.2, 0) is 4.74 Å². The Bertz CT molecular complexity index is 381. The minimum Gasteiger partial charge on any atom is -0.372 e. The maximum atomic E-state index is 12.0. The van der Waals surface area contributed by atoms with Gasteiger partial charge in [0.1, 0.15) is 0 Å². The Morgan fingerprint density at radius 1 is 1.35 bits per heavy atom. The summed E-state index contributed by atoms with van der Waals surface area (Å²) >= 11 is 0. The Labute approximate surface area is 103 Å². The molecular weight excluding hydrogens is 212 g/mol. The first-order valence-corrected chi connectivity index (χ1v) is 6.33. The van der Waals surface area contributed by atoms with Crippen molar-refractivity contribution in [2.45, 2.75) is 51.2 Å². The zero-order valence-electron chi connectivity index (χ0n) is 10.6. The Morgan fingerprint density at radius 3 is 2.71 bits per heavy atom. The zero-order chi connectivity index (χ0) is 12.3. The Hall–Kier alpha value is -1.15. The van der Waals surface area contributed by atoms with Crippen molar-refractivity contribution in [3.63, 3.8) is 0 Å². The number of hydrogen-bond donors (Lipinski definition) is 0. The Kier molecular flexibility index (Phi) is 3.63. The van der Waals surface area contributed by atoms with Crippen LogP contribution >= 0.6 is 0 Å². The number of benzene rings is 1. The lowest BCUT2D eigenvalue weighted by Crippen LogP contribution is -2.36. The second kappa shape index (κ2) is 5.01. The topological polar surface area (TPSA) is 26.3 Å². The molecule has 0 bridgehead atoms. The standard InChI is InChI=1S/C15H20O2/c1-15(2)10-6-9-13(17-15)11-14(16)12-7-4-3-5-8-12/h3-5,7-8,13H,6,9-11H2,1-2H3. The predicted octanol–water partition coefficient (Wildman–Crippen LogP) is 3.61. The molecule has 2 rings (SSSR count). The molecule has 1 heterocycles. The third-order valence-corrected chi connectivity index (χ3v) is 3.30. The van der Waals surface area contributed by atoms with Crippen molar-refractivity contribution in [3.8, 4) is 0 Å². The highest BCUT2D eigenvalue weighted by molar-refractivity contribution is 5.96. The molecular formula is C15H20O2. The van der Waals surface area contributed by atoms with E-state index >= 15 is 0 Å². The van der Waals surface area contributed by atoms with E-state index in [-0.39, 0.29) is 17.5 Å². The Balaban J connectivity index is 1.95. The van der Waals surface area contributed by atoms with Gasteiger partial charge in [0.25, 0.3) is 0 Å². The van der Waals surface area contributed by atoms with Gasteiger partial charge in [0, 0.05) is 12.0 Å². The molecule has 1 aliphatic rings. The zero-order valence-corrected chi connectivity index (χ0v) is 10.6. The molecule has 1 aliphatic heterocycles. The smallest absolute Gasteiger partial charge is 0.165 e. The van der Waals surface area contributed by atoms with Crippen LogP contribution in [0.1, 0.15) is 49.9 Å². The first kappa shape index (κ1) is 12.3. The van der Waals surface area contributed by atoms with E-state index in [0.29, 0.717) is 6.42 Å². The summed E-state index contributed by atoms with van der Waals surface area (Å²) in [5, 5.41) is 0. The molecule has 0 N–H and O–H groups in total. The number of Topliss-reactive ketones (excluding diaryl/α,β-unsaturated/α-hetero) is 1. The molecule has 0 radical (unpaired) electrons. The second-order valence-electron chi connectivity index (χ2n) is 5.39. The number of rotatable bonds is 3. The van der Waals surface area contributed by atoms with Gasteiger partial charge in [-0.25, -0.2) is 0 Å². The number of carbonyl (C=O) groups excluding carboxylic acids is 1. The third kappa shape index (κ3) is 3.40. The summed E-state index contributed by atoms with van der Waals surface area (Å²) in [6.07, 6.45) is 3.84. The van der Waals surface area contributed by atoms with Gasteiger partial charge in [0.15, 0.2) is 5.78 Å². The molecule has 2 heteroatoms. The average molecular weight is 232 g/mol. The molecule has 1 atom stereocenters. The van der Waals surface area contributed by atoms with E-state index in [2.05, 4.69) is 13.8 Å². The van der Waals surface area contributed by atoms with Crippen LogP contribution in [0.4, 0.5) is 0 Å². The molecule has 1 aromatic rings. The van der Waals surface area contributed by atoms with E-state index in [4.69, 9.17) is 4.74 Å². The van der Waals surface area contributed by atoms with Gasteiger partial charge in [-0.1, -0.05) is 30.3 Å². The summed E-state index contributed by atoms with van der Waals surface area (Å²) in [6.45, 7) is 4.21. The fraction of sp³-hybridized carbons (Fsp3) is 0.533. The van der Waals surface area contributed by atoms with E-state index < -0.39 is 0 Å². The lowest BCUT2D eigenvalue weighted by atomic mass is 9.92. The molecule has 92 valence electrons. The van der Waals surface area contributed by atoms with Crippen LogP contribution in [0.15, 0.2) is 30.3 Å². The SMILES string of the molecule is CC1(C)CCCC(CC(=O)c2ccccc2)O1. The van der Waals surface area contributed by atoms with E-state index in [0.717, 1.165) is 24.8 Å². The molecule has 0 spiro atoms. The fourth-order valence-electron chi connectivity index (χ4n) is 2.42. The first-order chi connectivity index (χ1) is 8.07. The van der Waals surface area contributed by atoms with E-state index in [1.807, 2.05) is 30.3 Å². The summed E-state index contributed by atoms with van der Waals surface area (Å²) in [5.41, 5.74) is 0.722. The van der Waals surface area contributed by atoms with E-state index in [9.17, 15) is 4.79 Å². The molecule has 1 saturated heterocycles. The van der Waals surface area contributed by atoms with Gasteiger partial charge in [0.2, 0.25) is 0 Å². The number of ether oxygens (including phenoxy) is 1. The fourth-order valence-corrected chi connectivity index (χ4v) is 2.42. The lowest BCUT2D eigenvalue weighted by molar-refractivity contribution is -0.105. The number of carbonyl (C=O) groups is 1. The summed E-state index contributed by atoms with van der Waals surface area (Å²) in [4.78, 5) is 12.0. The van der Waals surface area contributed by atoms with Gasteiger partial charge in [-0.15, -0.1) is 0 Å². The third-order valence-electron chi connectivity index (χ3n) is 3.30. The van der Waals surface area contributed by atoms with Gasteiger partial charge in [0.05, 0.1) is 11.7 Å². The monoisotopic (exact) mass is 232 g/mol. The molecule has 0 amide bonds. The highest BCUT2D eigenvalue weighted by Crippen LogP contribution is 2.29. The summed E-state index contributed by atoms with van der Waals surface area (Å²) in [5.74, 6) is 0.188. The minimum atomic E-state index is -0.0696. The number of hydrogen-bond acceptors (Lipinski definition) is 2. The summed E-state index contributed by atoms with van der Waals surface area (Å²) in [7, 11) is 0. The van der Waals surface area contributed by atoms with Crippen LogP contribution in [0, 0.1) is 0 Å². The predicted molar refractivity (Wildman–Crippen MR) is 68.2 cm³/mol. The van der Waals surface area contributed by atoms with Crippen LogP contribution in [0.2, 0.25) is 0 Å². The van der Waals surface area contributed by atoms with Gasteiger partial charge >= 0.3 is 0 Å². The van der Waals surface area contributed by atoms with Crippen molar-refractivity contribution in [2.75, 3.05) is 0 Å². The van der Waals surface area contributed by atoms with Gasteiger partial charge in [-0.2, -0.15) is 0 Å². The largest absolute Gasteiger partial charge is 0.372 e. The maximum Gasteiger partial charge on any atom is 0.165 e. The molecule has 1 fully saturated rings. The molecule has 0 saturated carbocycles. The van der Waals surface area contributed by atoms with Crippen molar-refractivity contribution < 1.29 is 9.53 Å². The van der Waals surface area contributed by atoms with Gasteiger partial charge < -0.3 is 4.74 Å². The quantitative estimate of drug-likeness (QED) is 0.744. The highest BCUT2D eigenvalue weighted by atomic mass is 16.5. The highest BCUT2D eigenvalue weighted by Gasteiger charge is 2.29. The van der Waals surface area contributed by atoms with Crippen molar-refractivity contribution >= 4 is 5.78 Å². The van der Waals surface area contributed by atoms with Crippen LogP contribution < -0.4 is 0 Å². The van der Waals surface area contributed by atoms with E-state index in [1.165, 1.54) is 0 Å². The molecule has 2 nitrogen and oxygen atoms in total. The summed E-state index contributed by atoms with van der Waals surface area (Å²) in [6, 6.07) is 9.47. The van der Waals surface area contributed by atoms with Crippen LogP contribution in [0.25, 0.3) is 0 Å². The van der Waals surface area contributed by atoms with Gasteiger partial charge in [-0.05, 0) is 33.1 Å².